The first-order valence-corrected chi connectivity index (χ1v) is 6.19. The van der Waals surface area contributed by atoms with Crippen LogP contribution >= 0.6 is 11.3 Å². The SMILES string of the molecule is Cc1nc(CCNC(C)c2cccs2)no1. The van der Waals surface area contributed by atoms with Crippen molar-refractivity contribution in [2.24, 2.45) is 0 Å². The third-order valence-corrected chi connectivity index (χ3v) is 3.39. The molecule has 0 spiro atoms. The number of nitrogens with zero attached hydrogens (tertiary/aromatic N) is 2. The van der Waals surface area contributed by atoms with Crippen molar-refractivity contribution in [1.82, 2.24) is 15.5 Å². The summed E-state index contributed by atoms with van der Waals surface area (Å²) in [6, 6.07) is 4.59. The highest BCUT2D eigenvalue weighted by Crippen LogP contribution is 2.17. The summed E-state index contributed by atoms with van der Waals surface area (Å²) < 4.78 is 4.91. The fourth-order valence-electron chi connectivity index (χ4n) is 1.48. The van der Waals surface area contributed by atoms with Gasteiger partial charge in [0.15, 0.2) is 5.82 Å². The molecule has 2 rings (SSSR count). The molecule has 86 valence electrons. The molecule has 2 aromatic rings. The van der Waals surface area contributed by atoms with E-state index in [1.807, 2.05) is 0 Å². The fraction of sp³-hybridized carbons (Fsp3) is 0.455. The van der Waals surface area contributed by atoms with E-state index >= 15 is 0 Å². The third kappa shape index (κ3) is 2.90. The monoisotopic (exact) mass is 237 g/mol. The first-order chi connectivity index (χ1) is 7.75. The zero-order chi connectivity index (χ0) is 11.4. The summed E-state index contributed by atoms with van der Waals surface area (Å²) in [4.78, 5) is 5.51. The van der Waals surface area contributed by atoms with Gasteiger partial charge in [-0.2, -0.15) is 4.98 Å². The van der Waals surface area contributed by atoms with E-state index in [0.717, 1.165) is 18.8 Å². The van der Waals surface area contributed by atoms with Crippen molar-refractivity contribution in [3.8, 4) is 0 Å². The van der Waals surface area contributed by atoms with Crippen LogP contribution in [-0.4, -0.2) is 16.7 Å². The Hall–Kier alpha value is -1.20. The molecular formula is C11H15N3OS. The topological polar surface area (TPSA) is 51.0 Å². The Morgan fingerprint density at radius 3 is 3.06 bits per heavy atom. The molecule has 0 radical (unpaired) electrons. The van der Waals surface area contributed by atoms with Crippen LogP contribution in [0.1, 0.15) is 29.6 Å². The lowest BCUT2D eigenvalue weighted by atomic mass is 10.2. The van der Waals surface area contributed by atoms with Gasteiger partial charge in [-0.25, -0.2) is 0 Å². The number of aromatic nitrogens is 2. The second-order valence-electron chi connectivity index (χ2n) is 3.67. The lowest BCUT2D eigenvalue weighted by molar-refractivity contribution is 0.386. The van der Waals surface area contributed by atoms with E-state index in [9.17, 15) is 0 Å². The quantitative estimate of drug-likeness (QED) is 0.867. The average Bonchev–Trinajstić information content (AvgIpc) is 2.89. The molecule has 1 N–H and O–H groups in total. The lowest BCUT2D eigenvalue weighted by Crippen LogP contribution is -2.20. The Morgan fingerprint density at radius 2 is 2.44 bits per heavy atom. The molecule has 2 heterocycles. The highest BCUT2D eigenvalue weighted by molar-refractivity contribution is 7.10. The van der Waals surface area contributed by atoms with Crippen molar-refractivity contribution < 1.29 is 4.52 Å². The van der Waals surface area contributed by atoms with E-state index in [2.05, 4.69) is 39.9 Å². The van der Waals surface area contributed by atoms with Crippen molar-refractivity contribution >= 4 is 11.3 Å². The molecule has 16 heavy (non-hydrogen) atoms. The van der Waals surface area contributed by atoms with Gasteiger partial charge in [-0.05, 0) is 18.4 Å². The van der Waals surface area contributed by atoms with Gasteiger partial charge in [0.1, 0.15) is 0 Å². The number of thiophene rings is 1. The van der Waals surface area contributed by atoms with Crippen molar-refractivity contribution in [1.29, 1.82) is 0 Å². The Bertz CT molecular complexity index is 424. The number of hydrogen-bond acceptors (Lipinski definition) is 5. The van der Waals surface area contributed by atoms with Crippen molar-refractivity contribution in [3.63, 3.8) is 0 Å². The lowest BCUT2D eigenvalue weighted by Gasteiger charge is -2.10. The van der Waals surface area contributed by atoms with Crippen LogP contribution in [0.2, 0.25) is 0 Å². The minimum absolute atomic E-state index is 0.382. The van der Waals surface area contributed by atoms with Crippen LogP contribution in [0.4, 0.5) is 0 Å². The van der Waals surface area contributed by atoms with E-state index in [4.69, 9.17) is 4.52 Å². The molecule has 2 aromatic heterocycles. The van der Waals surface area contributed by atoms with Crippen LogP contribution in [0.15, 0.2) is 22.0 Å². The molecule has 0 saturated carbocycles. The minimum atomic E-state index is 0.382. The van der Waals surface area contributed by atoms with Crippen molar-refractivity contribution in [2.45, 2.75) is 26.3 Å². The van der Waals surface area contributed by atoms with Gasteiger partial charge in [-0.15, -0.1) is 11.3 Å². The van der Waals surface area contributed by atoms with Gasteiger partial charge >= 0.3 is 0 Å². The summed E-state index contributed by atoms with van der Waals surface area (Å²) >= 11 is 1.77. The molecule has 0 saturated heterocycles. The third-order valence-electron chi connectivity index (χ3n) is 2.34. The number of rotatable bonds is 5. The zero-order valence-electron chi connectivity index (χ0n) is 9.43. The van der Waals surface area contributed by atoms with Gasteiger partial charge in [-0.3, -0.25) is 0 Å². The van der Waals surface area contributed by atoms with E-state index in [1.54, 1.807) is 18.3 Å². The second kappa shape index (κ2) is 5.23. The van der Waals surface area contributed by atoms with Gasteiger partial charge in [0.05, 0.1) is 0 Å². The molecule has 5 heteroatoms. The summed E-state index contributed by atoms with van der Waals surface area (Å²) in [5.74, 6) is 1.39. The van der Waals surface area contributed by atoms with E-state index in [0.29, 0.717) is 11.9 Å². The highest BCUT2D eigenvalue weighted by atomic mass is 32.1. The van der Waals surface area contributed by atoms with Gasteiger partial charge < -0.3 is 9.84 Å². The molecule has 4 nitrogen and oxygen atoms in total. The number of nitrogens with one attached hydrogen (secondary N) is 1. The zero-order valence-corrected chi connectivity index (χ0v) is 10.3. The molecule has 0 bridgehead atoms. The summed E-state index contributed by atoms with van der Waals surface area (Å²) in [5.41, 5.74) is 0. The standard InChI is InChI=1S/C11H15N3OS/c1-8(10-4-3-7-16-10)12-6-5-11-13-9(2)15-14-11/h3-4,7-8,12H,5-6H2,1-2H3. The number of aryl methyl sites for hydroxylation is 1. The molecule has 0 aliphatic heterocycles. The average molecular weight is 237 g/mol. The first kappa shape index (κ1) is 11.3. The van der Waals surface area contributed by atoms with Crippen LogP contribution in [0.5, 0.6) is 0 Å². The Kier molecular flexibility index (Phi) is 3.69. The summed E-state index contributed by atoms with van der Waals surface area (Å²) in [6.07, 6.45) is 0.799. The molecule has 1 atom stereocenters. The largest absolute Gasteiger partial charge is 0.340 e. The van der Waals surface area contributed by atoms with Crippen LogP contribution < -0.4 is 5.32 Å². The normalized spacial score (nSPS) is 12.9. The first-order valence-electron chi connectivity index (χ1n) is 5.31. The van der Waals surface area contributed by atoms with Crippen LogP contribution in [0.25, 0.3) is 0 Å². The molecular weight excluding hydrogens is 222 g/mol. The molecule has 0 amide bonds. The van der Waals surface area contributed by atoms with Crippen LogP contribution in [0, 0.1) is 6.92 Å². The summed E-state index contributed by atoms with van der Waals surface area (Å²) in [6.45, 7) is 4.82. The predicted molar refractivity (Wildman–Crippen MR) is 63.5 cm³/mol. The Balaban J connectivity index is 1.76. The molecule has 0 aliphatic carbocycles. The Labute approximate surface area is 98.7 Å². The predicted octanol–water partition coefficient (Wildman–Crippen LogP) is 2.33. The molecule has 0 fully saturated rings. The fourth-order valence-corrected chi connectivity index (χ4v) is 2.24. The minimum Gasteiger partial charge on any atom is -0.340 e. The van der Waals surface area contributed by atoms with E-state index in [1.165, 1.54) is 4.88 Å². The smallest absolute Gasteiger partial charge is 0.223 e. The van der Waals surface area contributed by atoms with Crippen molar-refractivity contribution in [3.05, 3.63) is 34.1 Å². The summed E-state index contributed by atoms with van der Waals surface area (Å²) in [5, 5.41) is 9.38. The van der Waals surface area contributed by atoms with Crippen LogP contribution in [-0.2, 0) is 6.42 Å². The summed E-state index contributed by atoms with van der Waals surface area (Å²) in [7, 11) is 0. The molecule has 0 aliphatic rings. The van der Waals surface area contributed by atoms with Gasteiger partial charge in [0.25, 0.3) is 0 Å². The molecule has 1 unspecified atom stereocenters. The maximum atomic E-state index is 4.91. The van der Waals surface area contributed by atoms with Gasteiger partial charge in [0.2, 0.25) is 5.89 Å². The van der Waals surface area contributed by atoms with Crippen molar-refractivity contribution in [2.75, 3.05) is 6.54 Å². The maximum absolute atomic E-state index is 4.91. The Morgan fingerprint density at radius 1 is 1.56 bits per heavy atom. The van der Waals surface area contributed by atoms with E-state index in [-0.39, 0.29) is 0 Å². The van der Waals surface area contributed by atoms with Crippen LogP contribution in [0.3, 0.4) is 0 Å². The maximum Gasteiger partial charge on any atom is 0.223 e. The van der Waals surface area contributed by atoms with E-state index < -0.39 is 0 Å². The molecule has 0 aromatic carbocycles. The number of hydrogen-bond donors (Lipinski definition) is 1. The van der Waals surface area contributed by atoms with Gasteiger partial charge in [0, 0.05) is 30.8 Å². The van der Waals surface area contributed by atoms with Gasteiger partial charge in [-0.1, -0.05) is 11.2 Å². The second-order valence-corrected chi connectivity index (χ2v) is 4.65. The highest BCUT2D eigenvalue weighted by Gasteiger charge is 2.06.